The van der Waals surface area contributed by atoms with E-state index in [4.69, 9.17) is 26.1 Å². The van der Waals surface area contributed by atoms with Crippen molar-refractivity contribution in [3.05, 3.63) is 47.4 Å². The first-order valence-corrected chi connectivity index (χ1v) is 13.2. The van der Waals surface area contributed by atoms with E-state index in [0.717, 1.165) is 29.6 Å². The molecule has 0 bridgehead atoms. The summed E-state index contributed by atoms with van der Waals surface area (Å²) in [5, 5.41) is 5.03. The number of hydrogen-bond donors (Lipinski definition) is 0. The first-order chi connectivity index (χ1) is 17.7. The van der Waals surface area contributed by atoms with Gasteiger partial charge in [0.1, 0.15) is 11.2 Å². The maximum atomic E-state index is 12.7. The summed E-state index contributed by atoms with van der Waals surface area (Å²) in [5.41, 5.74) is 2.57. The lowest BCUT2D eigenvalue weighted by atomic mass is 9.94. The second-order valence-corrected chi connectivity index (χ2v) is 12.1. The van der Waals surface area contributed by atoms with E-state index >= 15 is 0 Å². The molecule has 4 rings (SSSR count). The molecule has 0 aromatic carbocycles. The quantitative estimate of drug-likeness (QED) is 0.374. The van der Waals surface area contributed by atoms with Crippen molar-refractivity contribution in [2.45, 2.75) is 71.5 Å². The van der Waals surface area contributed by atoms with E-state index in [1.807, 2.05) is 53.7 Å². The van der Waals surface area contributed by atoms with Gasteiger partial charge in [0.15, 0.2) is 0 Å². The van der Waals surface area contributed by atoms with Gasteiger partial charge >= 0.3 is 12.2 Å². The molecule has 0 N–H and O–H groups in total. The molecule has 9 nitrogen and oxygen atoms in total. The number of aromatic nitrogens is 3. The van der Waals surface area contributed by atoms with Crippen molar-refractivity contribution < 1.29 is 19.1 Å². The number of likely N-dealkylation sites (tertiary alicyclic amines) is 1. The predicted molar refractivity (Wildman–Crippen MR) is 148 cm³/mol. The van der Waals surface area contributed by atoms with Gasteiger partial charge in [-0.05, 0) is 78.6 Å². The van der Waals surface area contributed by atoms with E-state index < -0.39 is 17.3 Å². The number of pyridine rings is 2. The molecular weight excluding hydrogens is 506 g/mol. The summed E-state index contributed by atoms with van der Waals surface area (Å²) in [7, 11) is 1.67. The molecule has 1 atom stereocenters. The van der Waals surface area contributed by atoms with Gasteiger partial charge < -0.3 is 14.4 Å². The van der Waals surface area contributed by atoms with Gasteiger partial charge in [0.25, 0.3) is 0 Å². The Labute approximate surface area is 228 Å². The minimum Gasteiger partial charge on any atom is -0.444 e. The molecule has 4 heterocycles. The molecule has 0 aliphatic carbocycles. The molecule has 10 heteroatoms. The van der Waals surface area contributed by atoms with Crippen LogP contribution in [0.1, 0.15) is 66.0 Å². The van der Waals surface area contributed by atoms with Gasteiger partial charge in [0.05, 0.1) is 23.1 Å². The average molecular weight is 542 g/mol. The second kappa shape index (κ2) is 10.4. The van der Waals surface area contributed by atoms with Crippen LogP contribution in [0.3, 0.4) is 0 Å². The molecule has 1 fully saturated rings. The summed E-state index contributed by atoms with van der Waals surface area (Å²) < 4.78 is 12.8. The van der Waals surface area contributed by atoms with E-state index in [1.165, 1.54) is 4.90 Å². The third-order valence-electron chi connectivity index (χ3n) is 6.14. The van der Waals surface area contributed by atoms with E-state index in [1.54, 1.807) is 41.0 Å². The number of hydrogen-bond acceptors (Lipinski definition) is 6. The average Bonchev–Trinajstić information content (AvgIpc) is 3.24. The summed E-state index contributed by atoms with van der Waals surface area (Å²) in [5.74, 6) is 0.0319. The van der Waals surface area contributed by atoms with Gasteiger partial charge in [0, 0.05) is 48.5 Å². The van der Waals surface area contributed by atoms with E-state index in [2.05, 4.69) is 5.10 Å². The third-order valence-corrected chi connectivity index (χ3v) is 6.36. The number of amides is 2. The van der Waals surface area contributed by atoms with Gasteiger partial charge in [-0.15, -0.1) is 0 Å². The molecule has 204 valence electrons. The second-order valence-electron chi connectivity index (χ2n) is 11.7. The number of halogens is 1. The van der Waals surface area contributed by atoms with Crippen LogP contribution >= 0.6 is 11.6 Å². The molecule has 0 saturated carbocycles. The number of piperidine rings is 1. The molecule has 3 aromatic heterocycles. The van der Waals surface area contributed by atoms with Crippen molar-refractivity contribution >= 4 is 35.0 Å². The molecule has 3 aromatic rings. The Morgan fingerprint density at radius 3 is 2.47 bits per heavy atom. The van der Waals surface area contributed by atoms with Crippen LogP contribution in [0.5, 0.6) is 0 Å². The van der Waals surface area contributed by atoms with Crippen LogP contribution in [0, 0.1) is 0 Å². The van der Waals surface area contributed by atoms with Crippen LogP contribution < -0.4 is 4.90 Å². The summed E-state index contributed by atoms with van der Waals surface area (Å²) in [6.07, 6.45) is 4.52. The van der Waals surface area contributed by atoms with Gasteiger partial charge in [-0.3, -0.25) is 9.88 Å². The summed E-state index contributed by atoms with van der Waals surface area (Å²) in [6.45, 7) is 12.3. The fourth-order valence-electron chi connectivity index (χ4n) is 4.39. The van der Waals surface area contributed by atoms with E-state index in [-0.39, 0.29) is 12.0 Å². The van der Waals surface area contributed by atoms with Crippen LogP contribution in [-0.2, 0) is 9.47 Å². The fourth-order valence-corrected chi connectivity index (χ4v) is 4.60. The highest BCUT2D eigenvalue weighted by Gasteiger charge is 2.29. The molecule has 1 saturated heterocycles. The largest absolute Gasteiger partial charge is 0.444 e. The summed E-state index contributed by atoms with van der Waals surface area (Å²) >= 11 is 6.57. The fraction of sp³-hybridized carbons (Fsp3) is 0.500. The zero-order chi connectivity index (χ0) is 27.8. The molecule has 0 radical (unpaired) electrons. The Kier molecular flexibility index (Phi) is 7.61. The maximum absolute atomic E-state index is 12.7. The van der Waals surface area contributed by atoms with Crippen molar-refractivity contribution in [2.24, 2.45) is 0 Å². The SMILES string of the molecule is CN(C(=O)OC(C)(C)C)c1ccn2ncc(-c3cc(Cl)cc(C4CCCN(C(=O)OC(C)(C)C)C4)n3)c2c1. The molecule has 2 amide bonds. The minimum atomic E-state index is -0.601. The predicted octanol–water partition coefficient (Wildman–Crippen LogP) is 6.54. The first-order valence-electron chi connectivity index (χ1n) is 12.8. The van der Waals surface area contributed by atoms with Crippen molar-refractivity contribution in [3.63, 3.8) is 0 Å². The van der Waals surface area contributed by atoms with Crippen molar-refractivity contribution in [1.29, 1.82) is 0 Å². The van der Waals surface area contributed by atoms with Gasteiger partial charge in [-0.1, -0.05) is 11.6 Å². The van der Waals surface area contributed by atoms with Crippen LogP contribution in [0.25, 0.3) is 16.8 Å². The zero-order valence-electron chi connectivity index (χ0n) is 23.1. The lowest BCUT2D eigenvalue weighted by molar-refractivity contribution is 0.0197. The number of fused-ring (bicyclic) bond motifs is 1. The number of ether oxygens (including phenoxy) is 2. The molecular formula is C28H36ClN5O4. The normalized spacial score (nSPS) is 16.4. The van der Waals surface area contributed by atoms with Gasteiger partial charge in [-0.2, -0.15) is 5.10 Å². The molecule has 1 unspecified atom stereocenters. The Morgan fingerprint density at radius 2 is 1.79 bits per heavy atom. The highest BCUT2D eigenvalue weighted by Crippen LogP contribution is 2.33. The van der Waals surface area contributed by atoms with E-state index in [0.29, 0.717) is 29.5 Å². The lowest BCUT2D eigenvalue weighted by Gasteiger charge is -2.34. The van der Waals surface area contributed by atoms with Crippen LogP contribution in [0.15, 0.2) is 36.7 Å². The number of anilines is 1. The highest BCUT2D eigenvalue weighted by atomic mass is 35.5. The Bertz CT molecular complexity index is 1340. The summed E-state index contributed by atoms with van der Waals surface area (Å²) in [6, 6.07) is 7.35. The van der Waals surface area contributed by atoms with Crippen molar-refractivity contribution in [3.8, 4) is 11.3 Å². The van der Waals surface area contributed by atoms with Crippen LogP contribution in [-0.4, -0.2) is 63.0 Å². The smallest absolute Gasteiger partial charge is 0.414 e. The molecule has 1 aliphatic rings. The number of carbonyl (C=O) groups excluding carboxylic acids is 2. The molecule has 1 aliphatic heterocycles. The number of nitrogens with zero attached hydrogens (tertiary/aromatic N) is 5. The van der Waals surface area contributed by atoms with E-state index in [9.17, 15) is 9.59 Å². The standard InChI is InChI=1S/C28H36ClN5O4/c1-27(2,3)37-25(35)32(7)20-10-12-34-24(15-20)21(16-30-34)23-14-19(29)13-22(31-23)18-9-8-11-33(17-18)26(36)38-28(4,5)6/h10,12-16,18H,8-9,11,17H2,1-7H3. The van der Waals surface area contributed by atoms with Crippen LogP contribution in [0.2, 0.25) is 5.02 Å². The topological polar surface area (TPSA) is 89.3 Å². The number of carbonyl (C=O) groups is 2. The zero-order valence-corrected chi connectivity index (χ0v) is 23.9. The van der Waals surface area contributed by atoms with Crippen LogP contribution in [0.4, 0.5) is 15.3 Å². The monoisotopic (exact) mass is 541 g/mol. The maximum Gasteiger partial charge on any atom is 0.414 e. The third kappa shape index (κ3) is 6.56. The molecule has 0 spiro atoms. The van der Waals surface area contributed by atoms with Crippen molar-refractivity contribution in [2.75, 3.05) is 25.0 Å². The Hall–Kier alpha value is -3.33. The highest BCUT2D eigenvalue weighted by molar-refractivity contribution is 6.30. The van der Waals surface area contributed by atoms with Crippen molar-refractivity contribution in [1.82, 2.24) is 19.5 Å². The van der Waals surface area contributed by atoms with Gasteiger partial charge in [0.2, 0.25) is 0 Å². The summed E-state index contributed by atoms with van der Waals surface area (Å²) in [4.78, 5) is 33.5. The minimum absolute atomic E-state index is 0.0319. The lowest BCUT2D eigenvalue weighted by Crippen LogP contribution is -2.42. The molecule has 38 heavy (non-hydrogen) atoms. The first kappa shape index (κ1) is 27.7. The Balaban J connectivity index is 1.62. The van der Waals surface area contributed by atoms with Gasteiger partial charge in [-0.25, -0.2) is 14.1 Å². The Morgan fingerprint density at radius 1 is 1.08 bits per heavy atom. The number of rotatable bonds is 3.